The maximum atomic E-state index is 11.3. The molecule has 0 spiro atoms. The van der Waals surface area contributed by atoms with Crippen molar-refractivity contribution in [1.29, 1.82) is 0 Å². The number of aromatic nitrogens is 2. The Morgan fingerprint density at radius 1 is 1.28 bits per heavy atom. The number of amides is 1. The molecule has 1 aromatic rings. The molecule has 0 atom stereocenters. The lowest BCUT2D eigenvalue weighted by atomic mass is 9.93. The Bertz CT molecular complexity index is 399. The average Bonchev–Trinajstić information content (AvgIpc) is 2.41. The number of rotatable bonds is 3. The number of anilines is 1. The molecule has 1 aliphatic carbocycles. The van der Waals surface area contributed by atoms with Gasteiger partial charge in [0.2, 0.25) is 0 Å². The molecule has 1 saturated carbocycles. The number of aliphatic hydroxyl groups excluding tert-OH is 1. The van der Waals surface area contributed by atoms with E-state index in [1.165, 1.54) is 0 Å². The summed E-state index contributed by atoms with van der Waals surface area (Å²) in [7, 11) is 1.56. The fourth-order valence-corrected chi connectivity index (χ4v) is 2.09. The van der Waals surface area contributed by atoms with Crippen LogP contribution in [0.5, 0.6) is 0 Å². The molecule has 0 unspecified atom stereocenters. The highest BCUT2D eigenvalue weighted by molar-refractivity contribution is 5.91. The number of hydrogen-bond acceptors (Lipinski definition) is 5. The second kappa shape index (κ2) is 5.77. The van der Waals surface area contributed by atoms with E-state index in [1.807, 2.05) is 0 Å². The minimum absolute atomic E-state index is 0.162. The van der Waals surface area contributed by atoms with E-state index < -0.39 is 0 Å². The van der Waals surface area contributed by atoms with Gasteiger partial charge < -0.3 is 15.7 Å². The number of nitrogens with one attached hydrogen (secondary N) is 2. The van der Waals surface area contributed by atoms with Crippen LogP contribution >= 0.6 is 0 Å². The smallest absolute Gasteiger partial charge is 0.271 e. The Labute approximate surface area is 106 Å². The molecular formula is C12H18N4O2. The van der Waals surface area contributed by atoms with Crippen molar-refractivity contribution in [2.24, 2.45) is 0 Å². The summed E-state index contributed by atoms with van der Waals surface area (Å²) < 4.78 is 0. The summed E-state index contributed by atoms with van der Waals surface area (Å²) >= 11 is 0. The van der Waals surface area contributed by atoms with Crippen molar-refractivity contribution in [3.8, 4) is 0 Å². The van der Waals surface area contributed by atoms with E-state index in [4.69, 9.17) is 0 Å². The van der Waals surface area contributed by atoms with E-state index in [0.717, 1.165) is 25.7 Å². The lowest BCUT2D eigenvalue weighted by molar-refractivity contribution is 0.0957. The topological polar surface area (TPSA) is 87.1 Å². The predicted octanol–water partition coefficient (Wildman–Crippen LogP) is 0.552. The van der Waals surface area contributed by atoms with Gasteiger partial charge in [-0.1, -0.05) is 0 Å². The van der Waals surface area contributed by atoms with Crippen molar-refractivity contribution in [3.05, 3.63) is 17.8 Å². The molecule has 1 heterocycles. The molecule has 0 radical (unpaired) electrons. The molecule has 0 aromatic carbocycles. The fourth-order valence-electron chi connectivity index (χ4n) is 2.09. The molecule has 0 bridgehead atoms. The second-order valence-corrected chi connectivity index (χ2v) is 4.53. The minimum atomic E-state index is -0.241. The zero-order chi connectivity index (χ0) is 13.0. The highest BCUT2D eigenvalue weighted by Gasteiger charge is 2.19. The molecule has 1 fully saturated rings. The van der Waals surface area contributed by atoms with E-state index in [1.54, 1.807) is 19.2 Å². The molecule has 0 saturated heterocycles. The lowest BCUT2D eigenvalue weighted by Gasteiger charge is -2.26. The van der Waals surface area contributed by atoms with Gasteiger partial charge in [-0.3, -0.25) is 4.79 Å². The summed E-state index contributed by atoms with van der Waals surface area (Å²) in [5.41, 5.74) is 0.308. The first kappa shape index (κ1) is 12.8. The third-order valence-corrected chi connectivity index (χ3v) is 3.17. The van der Waals surface area contributed by atoms with Crippen molar-refractivity contribution in [3.63, 3.8) is 0 Å². The van der Waals surface area contributed by atoms with E-state index in [2.05, 4.69) is 20.8 Å². The summed E-state index contributed by atoms with van der Waals surface area (Å²) in [6, 6.07) is 3.72. The zero-order valence-electron chi connectivity index (χ0n) is 10.4. The predicted molar refractivity (Wildman–Crippen MR) is 67.3 cm³/mol. The van der Waals surface area contributed by atoms with Gasteiger partial charge in [0.05, 0.1) is 6.10 Å². The van der Waals surface area contributed by atoms with Crippen molar-refractivity contribution in [2.45, 2.75) is 37.8 Å². The molecule has 6 heteroatoms. The highest BCUT2D eigenvalue weighted by Crippen LogP contribution is 2.21. The Morgan fingerprint density at radius 3 is 2.56 bits per heavy atom. The van der Waals surface area contributed by atoms with Crippen LogP contribution in [-0.2, 0) is 0 Å². The zero-order valence-corrected chi connectivity index (χ0v) is 10.4. The molecule has 1 aliphatic rings. The third kappa shape index (κ3) is 3.16. The second-order valence-electron chi connectivity index (χ2n) is 4.53. The van der Waals surface area contributed by atoms with Gasteiger partial charge in [0.15, 0.2) is 5.69 Å². The molecule has 18 heavy (non-hydrogen) atoms. The van der Waals surface area contributed by atoms with Crippen LogP contribution in [-0.4, -0.2) is 40.4 Å². The first-order valence-corrected chi connectivity index (χ1v) is 6.19. The standard InChI is InChI=1S/C12H18N4O2/c1-13-12(18)10-6-7-11(16-15-10)14-8-2-4-9(17)5-3-8/h6-9,17H,2-5H2,1H3,(H,13,18)(H,14,16). The van der Waals surface area contributed by atoms with Gasteiger partial charge in [-0.25, -0.2) is 0 Å². The maximum absolute atomic E-state index is 11.3. The lowest BCUT2D eigenvalue weighted by Crippen LogP contribution is -2.28. The molecule has 3 N–H and O–H groups in total. The number of aliphatic hydroxyl groups is 1. The first-order chi connectivity index (χ1) is 8.69. The van der Waals surface area contributed by atoms with Gasteiger partial charge in [0.25, 0.3) is 5.91 Å². The summed E-state index contributed by atoms with van der Waals surface area (Å²) in [6.45, 7) is 0. The van der Waals surface area contributed by atoms with Crippen LogP contribution < -0.4 is 10.6 Å². The fraction of sp³-hybridized carbons (Fsp3) is 0.583. The SMILES string of the molecule is CNC(=O)c1ccc(NC2CCC(O)CC2)nn1. The van der Waals surface area contributed by atoms with Gasteiger partial charge in [0.1, 0.15) is 5.82 Å². The van der Waals surface area contributed by atoms with Crippen LogP contribution in [0.2, 0.25) is 0 Å². The van der Waals surface area contributed by atoms with Crippen LogP contribution in [0.3, 0.4) is 0 Å². The monoisotopic (exact) mass is 250 g/mol. The molecule has 6 nitrogen and oxygen atoms in total. The van der Waals surface area contributed by atoms with Crippen molar-refractivity contribution < 1.29 is 9.90 Å². The van der Waals surface area contributed by atoms with Crippen molar-refractivity contribution in [1.82, 2.24) is 15.5 Å². The Kier molecular flexibility index (Phi) is 4.09. The van der Waals surface area contributed by atoms with Gasteiger partial charge in [-0.2, -0.15) is 0 Å². The summed E-state index contributed by atoms with van der Waals surface area (Å²) in [5.74, 6) is 0.430. The minimum Gasteiger partial charge on any atom is -0.393 e. The maximum Gasteiger partial charge on any atom is 0.271 e. The average molecular weight is 250 g/mol. The summed E-state index contributed by atoms with van der Waals surface area (Å²) in [4.78, 5) is 11.3. The number of nitrogens with zero attached hydrogens (tertiary/aromatic N) is 2. The molecule has 1 aromatic heterocycles. The Morgan fingerprint density at radius 2 is 2.00 bits per heavy atom. The van der Waals surface area contributed by atoms with Crippen LogP contribution in [0.25, 0.3) is 0 Å². The van der Waals surface area contributed by atoms with E-state index in [9.17, 15) is 9.90 Å². The van der Waals surface area contributed by atoms with Crippen molar-refractivity contribution in [2.75, 3.05) is 12.4 Å². The number of carbonyl (C=O) groups is 1. The summed E-state index contributed by atoms with van der Waals surface area (Å²) in [5, 5.41) is 23.0. The molecule has 98 valence electrons. The van der Waals surface area contributed by atoms with E-state index >= 15 is 0 Å². The van der Waals surface area contributed by atoms with Crippen LogP contribution in [0.1, 0.15) is 36.2 Å². The van der Waals surface area contributed by atoms with Crippen molar-refractivity contribution >= 4 is 11.7 Å². The number of hydrogen-bond donors (Lipinski definition) is 3. The Balaban J connectivity index is 1.92. The van der Waals surface area contributed by atoms with Crippen LogP contribution in [0.15, 0.2) is 12.1 Å². The van der Waals surface area contributed by atoms with E-state index in [-0.39, 0.29) is 12.0 Å². The van der Waals surface area contributed by atoms with Gasteiger partial charge >= 0.3 is 0 Å². The van der Waals surface area contributed by atoms with Gasteiger partial charge in [0, 0.05) is 13.1 Å². The highest BCUT2D eigenvalue weighted by atomic mass is 16.3. The largest absolute Gasteiger partial charge is 0.393 e. The van der Waals surface area contributed by atoms with Crippen LogP contribution in [0, 0.1) is 0 Å². The Hall–Kier alpha value is -1.69. The van der Waals surface area contributed by atoms with Gasteiger partial charge in [-0.05, 0) is 37.8 Å². The molecule has 2 rings (SSSR count). The number of carbonyl (C=O) groups excluding carboxylic acids is 1. The molecular weight excluding hydrogens is 232 g/mol. The van der Waals surface area contributed by atoms with E-state index in [0.29, 0.717) is 17.6 Å². The summed E-state index contributed by atoms with van der Waals surface area (Å²) in [6.07, 6.45) is 3.34. The third-order valence-electron chi connectivity index (χ3n) is 3.17. The van der Waals surface area contributed by atoms with Crippen LogP contribution in [0.4, 0.5) is 5.82 Å². The first-order valence-electron chi connectivity index (χ1n) is 6.19. The molecule has 0 aliphatic heterocycles. The van der Waals surface area contributed by atoms with Gasteiger partial charge in [-0.15, -0.1) is 10.2 Å². The normalized spacial score (nSPS) is 23.4. The molecule has 1 amide bonds. The quantitative estimate of drug-likeness (QED) is 0.729.